The summed E-state index contributed by atoms with van der Waals surface area (Å²) in [6, 6.07) is 10.9. The first kappa shape index (κ1) is 24.5. The van der Waals surface area contributed by atoms with E-state index in [2.05, 4.69) is 33.5 Å². The van der Waals surface area contributed by atoms with E-state index in [1.54, 1.807) is 12.4 Å². The van der Waals surface area contributed by atoms with E-state index in [0.29, 0.717) is 35.8 Å². The van der Waals surface area contributed by atoms with E-state index in [-0.39, 0.29) is 17.1 Å². The highest BCUT2D eigenvalue weighted by Gasteiger charge is 2.32. The van der Waals surface area contributed by atoms with E-state index in [0.717, 1.165) is 48.6 Å². The van der Waals surface area contributed by atoms with Crippen LogP contribution in [0.5, 0.6) is 0 Å². The van der Waals surface area contributed by atoms with Crippen LogP contribution in [0.1, 0.15) is 46.9 Å². The molecule has 2 aliphatic rings. The van der Waals surface area contributed by atoms with Crippen LogP contribution in [-0.4, -0.2) is 52.5 Å². The van der Waals surface area contributed by atoms with Gasteiger partial charge < -0.3 is 20.3 Å². The second-order valence-electron chi connectivity index (χ2n) is 10.6. The molecule has 0 spiro atoms. The highest BCUT2D eigenvalue weighted by atomic mass is 19.1. The fourth-order valence-electron chi connectivity index (χ4n) is 5.62. The number of hydrogen-bond acceptors (Lipinski definition) is 6. The van der Waals surface area contributed by atoms with Gasteiger partial charge in [0.15, 0.2) is 0 Å². The standard InChI is InChI=1S/C29H31FN6O2/c1-29(9-12-38-13-10-29)21-5-7-25(34-23(21)17-35(2)3)33-22-6-4-19(20-15-32-28(37)27(20)22)24-16-31-26-14-18(30)8-11-36(24)26/h4-8,11,14,16H,9-10,12-13,15,17H2,1-3H3,(H,32,37)(H,33,34). The minimum absolute atomic E-state index is 0.0227. The maximum atomic E-state index is 13.7. The van der Waals surface area contributed by atoms with E-state index in [1.807, 2.05) is 36.7 Å². The van der Waals surface area contributed by atoms with Gasteiger partial charge in [0.2, 0.25) is 0 Å². The Bertz CT molecular complexity index is 1540. The molecule has 0 aliphatic carbocycles. The van der Waals surface area contributed by atoms with Crippen molar-refractivity contribution in [2.45, 2.75) is 38.3 Å². The predicted molar refractivity (Wildman–Crippen MR) is 144 cm³/mol. The first-order valence-electron chi connectivity index (χ1n) is 12.9. The average Bonchev–Trinajstić information content (AvgIpc) is 3.48. The lowest BCUT2D eigenvalue weighted by Crippen LogP contribution is -2.32. The van der Waals surface area contributed by atoms with E-state index >= 15 is 0 Å². The lowest BCUT2D eigenvalue weighted by atomic mass is 9.75. The van der Waals surface area contributed by atoms with Crippen LogP contribution >= 0.6 is 0 Å². The second-order valence-corrected chi connectivity index (χ2v) is 10.6. The van der Waals surface area contributed by atoms with Gasteiger partial charge in [0, 0.05) is 44.1 Å². The number of amides is 1. The van der Waals surface area contributed by atoms with Crippen LogP contribution in [0.4, 0.5) is 15.9 Å². The molecule has 3 aromatic heterocycles. The highest BCUT2D eigenvalue weighted by Crippen LogP contribution is 2.38. The van der Waals surface area contributed by atoms with E-state index in [4.69, 9.17) is 9.72 Å². The molecule has 5 heterocycles. The Labute approximate surface area is 220 Å². The van der Waals surface area contributed by atoms with Crippen LogP contribution in [0.25, 0.3) is 16.9 Å². The largest absolute Gasteiger partial charge is 0.381 e. The molecule has 0 atom stereocenters. The number of nitrogens with one attached hydrogen (secondary N) is 2. The van der Waals surface area contributed by atoms with Gasteiger partial charge in [-0.2, -0.15) is 0 Å². The number of hydrogen-bond donors (Lipinski definition) is 2. The maximum Gasteiger partial charge on any atom is 0.254 e. The van der Waals surface area contributed by atoms with Gasteiger partial charge in [-0.1, -0.05) is 19.1 Å². The van der Waals surface area contributed by atoms with Crippen LogP contribution in [0, 0.1) is 5.82 Å². The van der Waals surface area contributed by atoms with Crippen LogP contribution in [0.15, 0.2) is 48.8 Å². The molecule has 1 amide bonds. The van der Waals surface area contributed by atoms with Crippen LogP contribution in [0.2, 0.25) is 0 Å². The normalized spacial score (nSPS) is 16.6. The Balaban J connectivity index is 1.38. The lowest BCUT2D eigenvalue weighted by Gasteiger charge is -2.35. The molecule has 0 bridgehead atoms. The number of carbonyl (C=O) groups is 1. The molecule has 196 valence electrons. The van der Waals surface area contributed by atoms with Crippen molar-refractivity contribution in [2.24, 2.45) is 0 Å². The van der Waals surface area contributed by atoms with Gasteiger partial charge >= 0.3 is 0 Å². The molecule has 38 heavy (non-hydrogen) atoms. The van der Waals surface area contributed by atoms with Gasteiger partial charge in [-0.15, -0.1) is 0 Å². The summed E-state index contributed by atoms with van der Waals surface area (Å²) < 4.78 is 21.2. The number of aromatic nitrogens is 3. The summed E-state index contributed by atoms with van der Waals surface area (Å²) in [6.07, 6.45) is 5.30. The molecular formula is C29H31FN6O2. The van der Waals surface area contributed by atoms with Crippen molar-refractivity contribution in [2.75, 3.05) is 32.6 Å². The molecule has 0 unspecified atom stereocenters. The third kappa shape index (κ3) is 4.31. The zero-order valence-electron chi connectivity index (χ0n) is 21.8. The van der Waals surface area contributed by atoms with Crippen LogP contribution < -0.4 is 10.6 Å². The minimum Gasteiger partial charge on any atom is -0.381 e. The quantitative estimate of drug-likeness (QED) is 0.390. The zero-order valence-corrected chi connectivity index (χ0v) is 21.8. The second kappa shape index (κ2) is 9.49. The third-order valence-corrected chi connectivity index (χ3v) is 7.67. The van der Waals surface area contributed by atoms with Crippen molar-refractivity contribution in [3.05, 3.63) is 77.0 Å². The van der Waals surface area contributed by atoms with Crippen molar-refractivity contribution in [3.8, 4) is 11.3 Å². The van der Waals surface area contributed by atoms with Gasteiger partial charge in [0.05, 0.1) is 28.8 Å². The molecule has 6 rings (SSSR count). The Morgan fingerprint density at radius 3 is 2.79 bits per heavy atom. The molecule has 2 aliphatic heterocycles. The Morgan fingerprint density at radius 1 is 1.18 bits per heavy atom. The fourth-order valence-corrected chi connectivity index (χ4v) is 5.62. The van der Waals surface area contributed by atoms with E-state index in [1.165, 1.54) is 17.7 Å². The van der Waals surface area contributed by atoms with Crippen molar-refractivity contribution >= 4 is 23.1 Å². The Morgan fingerprint density at radius 2 is 2.00 bits per heavy atom. The number of fused-ring (bicyclic) bond motifs is 2. The third-order valence-electron chi connectivity index (χ3n) is 7.67. The Kier molecular flexibility index (Phi) is 6.12. The number of ether oxygens (including phenoxy) is 1. The number of anilines is 2. The molecular weight excluding hydrogens is 483 g/mol. The average molecular weight is 515 g/mol. The number of halogens is 1. The molecule has 0 radical (unpaired) electrons. The molecule has 0 saturated carbocycles. The number of nitrogens with zero attached hydrogens (tertiary/aromatic N) is 4. The summed E-state index contributed by atoms with van der Waals surface area (Å²) in [7, 11) is 4.09. The number of imidazole rings is 1. The minimum atomic E-state index is -0.339. The van der Waals surface area contributed by atoms with Gasteiger partial charge in [-0.05, 0) is 61.7 Å². The van der Waals surface area contributed by atoms with Gasteiger partial charge in [-0.3, -0.25) is 9.20 Å². The lowest BCUT2D eigenvalue weighted by molar-refractivity contribution is 0.0558. The summed E-state index contributed by atoms with van der Waals surface area (Å²) in [5.41, 5.74) is 6.68. The van der Waals surface area contributed by atoms with Crippen molar-refractivity contribution in [1.82, 2.24) is 24.6 Å². The highest BCUT2D eigenvalue weighted by molar-refractivity contribution is 6.06. The fraction of sp³-hybridized carbons (Fsp3) is 0.345. The maximum absolute atomic E-state index is 13.7. The summed E-state index contributed by atoms with van der Waals surface area (Å²) in [5, 5.41) is 6.38. The summed E-state index contributed by atoms with van der Waals surface area (Å²) >= 11 is 0. The summed E-state index contributed by atoms with van der Waals surface area (Å²) in [4.78, 5) is 24.5. The topological polar surface area (TPSA) is 83.8 Å². The van der Waals surface area contributed by atoms with Crippen LogP contribution in [0.3, 0.4) is 0 Å². The predicted octanol–water partition coefficient (Wildman–Crippen LogP) is 4.65. The zero-order chi connectivity index (χ0) is 26.4. The molecule has 9 heteroatoms. The van der Waals surface area contributed by atoms with Gasteiger partial charge in [-0.25, -0.2) is 14.4 Å². The SMILES string of the molecule is CN(C)Cc1nc(Nc2ccc(-c3cnc4cc(F)ccn34)c3c2C(=O)NC3)ccc1C1(C)CCOCC1. The summed E-state index contributed by atoms with van der Waals surface area (Å²) in [5.74, 6) is 0.222. The summed E-state index contributed by atoms with van der Waals surface area (Å²) in [6.45, 7) is 4.93. The molecule has 4 aromatic rings. The molecule has 1 saturated heterocycles. The number of benzene rings is 1. The van der Waals surface area contributed by atoms with Crippen LogP contribution in [-0.2, 0) is 23.2 Å². The van der Waals surface area contributed by atoms with E-state index in [9.17, 15) is 9.18 Å². The smallest absolute Gasteiger partial charge is 0.254 e. The number of rotatable bonds is 6. The number of pyridine rings is 2. The van der Waals surface area contributed by atoms with Crippen molar-refractivity contribution < 1.29 is 13.9 Å². The molecule has 1 fully saturated rings. The van der Waals surface area contributed by atoms with Crippen molar-refractivity contribution in [1.29, 1.82) is 0 Å². The number of carbonyl (C=O) groups excluding carboxylic acids is 1. The molecule has 8 nitrogen and oxygen atoms in total. The molecule has 2 N–H and O–H groups in total. The van der Waals surface area contributed by atoms with Gasteiger partial charge in [0.1, 0.15) is 17.3 Å². The first-order valence-corrected chi connectivity index (χ1v) is 12.9. The van der Waals surface area contributed by atoms with E-state index < -0.39 is 0 Å². The van der Waals surface area contributed by atoms with Gasteiger partial charge in [0.25, 0.3) is 5.91 Å². The Hall–Kier alpha value is -3.82. The molecule has 1 aromatic carbocycles. The van der Waals surface area contributed by atoms with Crippen molar-refractivity contribution in [3.63, 3.8) is 0 Å². The first-order chi connectivity index (χ1) is 18.3. The monoisotopic (exact) mass is 514 g/mol.